The van der Waals surface area contributed by atoms with E-state index in [0.29, 0.717) is 5.02 Å². The SMILES string of the molecule is O=C(Nc1ccc(F)cc1C(=O)Nc1ccc(Cl)cn1)c1cnc(Cl)cn1. The zero-order valence-electron chi connectivity index (χ0n) is 13.4. The van der Waals surface area contributed by atoms with Crippen LogP contribution in [-0.2, 0) is 0 Å². The van der Waals surface area contributed by atoms with E-state index in [2.05, 4.69) is 25.6 Å². The molecular formula is C17H10Cl2FN5O2. The molecule has 1 aromatic carbocycles. The lowest BCUT2D eigenvalue weighted by atomic mass is 10.1. The van der Waals surface area contributed by atoms with E-state index in [-0.39, 0.29) is 27.9 Å². The monoisotopic (exact) mass is 405 g/mol. The van der Waals surface area contributed by atoms with E-state index in [1.165, 1.54) is 36.8 Å². The predicted molar refractivity (Wildman–Crippen MR) is 98.6 cm³/mol. The number of pyridine rings is 1. The van der Waals surface area contributed by atoms with Crippen molar-refractivity contribution in [1.82, 2.24) is 15.0 Å². The third-order valence-electron chi connectivity index (χ3n) is 3.30. The molecule has 2 aromatic heterocycles. The maximum Gasteiger partial charge on any atom is 0.275 e. The number of carbonyl (C=O) groups excluding carboxylic acids is 2. The molecule has 0 saturated carbocycles. The van der Waals surface area contributed by atoms with Crippen LogP contribution < -0.4 is 10.6 Å². The Morgan fingerprint density at radius 3 is 2.37 bits per heavy atom. The Morgan fingerprint density at radius 1 is 0.889 bits per heavy atom. The first kappa shape index (κ1) is 18.7. The van der Waals surface area contributed by atoms with E-state index >= 15 is 0 Å². The fourth-order valence-electron chi connectivity index (χ4n) is 2.06. The molecule has 10 heteroatoms. The van der Waals surface area contributed by atoms with Gasteiger partial charge in [0.25, 0.3) is 11.8 Å². The van der Waals surface area contributed by atoms with Gasteiger partial charge >= 0.3 is 0 Å². The average molecular weight is 406 g/mol. The first-order chi connectivity index (χ1) is 12.9. The smallest absolute Gasteiger partial charge is 0.275 e. The molecule has 2 N–H and O–H groups in total. The van der Waals surface area contributed by atoms with Gasteiger partial charge in [0.15, 0.2) is 0 Å². The van der Waals surface area contributed by atoms with Crippen LogP contribution in [0, 0.1) is 5.82 Å². The molecule has 7 nitrogen and oxygen atoms in total. The number of nitrogens with zero attached hydrogens (tertiary/aromatic N) is 3. The molecule has 0 bridgehead atoms. The van der Waals surface area contributed by atoms with Crippen LogP contribution in [0.25, 0.3) is 0 Å². The minimum Gasteiger partial charge on any atom is -0.320 e. The molecule has 0 spiro atoms. The third kappa shape index (κ3) is 4.75. The van der Waals surface area contributed by atoms with E-state index in [1.54, 1.807) is 0 Å². The number of nitrogens with one attached hydrogen (secondary N) is 2. The van der Waals surface area contributed by atoms with Gasteiger partial charge in [0.2, 0.25) is 0 Å². The Hall–Kier alpha value is -3.10. The molecule has 0 unspecified atom stereocenters. The Kier molecular flexibility index (Phi) is 5.58. The lowest BCUT2D eigenvalue weighted by molar-refractivity contribution is 0.102. The zero-order valence-corrected chi connectivity index (χ0v) is 14.9. The summed E-state index contributed by atoms with van der Waals surface area (Å²) in [7, 11) is 0. The van der Waals surface area contributed by atoms with Gasteiger partial charge in [0, 0.05) is 6.20 Å². The van der Waals surface area contributed by atoms with Crippen molar-refractivity contribution in [2.45, 2.75) is 0 Å². The van der Waals surface area contributed by atoms with Crippen LogP contribution in [0.3, 0.4) is 0 Å². The van der Waals surface area contributed by atoms with Crippen molar-refractivity contribution in [3.63, 3.8) is 0 Å². The number of aromatic nitrogens is 3. The van der Waals surface area contributed by atoms with Crippen molar-refractivity contribution < 1.29 is 14.0 Å². The first-order valence-electron chi connectivity index (χ1n) is 7.44. The van der Waals surface area contributed by atoms with Gasteiger partial charge in [-0.3, -0.25) is 9.59 Å². The highest BCUT2D eigenvalue weighted by atomic mass is 35.5. The Morgan fingerprint density at radius 2 is 1.70 bits per heavy atom. The predicted octanol–water partition coefficient (Wildman–Crippen LogP) is 3.82. The summed E-state index contributed by atoms with van der Waals surface area (Å²) in [5.41, 5.74) is -0.0268. The van der Waals surface area contributed by atoms with Crippen molar-refractivity contribution in [3.05, 3.63) is 76.2 Å². The molecular weight excluding hydrogens is 396 g/mol. The molecule has 27 heavy (non-hydrogen) atoms. The second-order valence-electron chi connectivity index (χ2n) is 5.18. The summed E-state index contributed by atoms with van der Waals surface area (Å²) in [5, 5.41) is 5.52. The number of hydrogen-bond acceptors (Lipinski definition) is 5. The summed E-state index contributed by atoms with van der Waals surface area (Å²) in [5.74, 6) is -1.73. The molecule has 0 atom stereocenters. The van der Waals surface area contributed by atoms with Crippen LogP contribution in [0.5, 0.6) is 0 Å². The van der Waals surface area contributed by atoms with Gasteiger partial charge in [-0.2, -0.15) is 0 Å². The van der Waals surface area contributed by atoms with Crippen molar-refractivity contribution in [3.8, 4) is 0 Å². The van der Waals surface area contributed by atoms with Crippen LogP contribution >= 0.6 is 23.2 Å². The Bertz CT molecular complexity index is 997. The number of hydrogen-bond donors (Lipinski definition) is 2. The van der Waals surface area contributed by atoms with Gasteiger partial charge in [-0.25, -0.2) is 19.3 Å². The molecule has 0 aliphatic carbocycles. The molecule has 136 valence electrons. The minimum atomic E-state index is -0.665. The number of benzene rings is 1. The van der Waals surface area contributed by atoms with E-state index in [1.807, 2.05) is 0 Å². The van der Waals surface area contributed by atoms with Crippen LogP contribution in [0.4, 0.5) is 15.9 Å². The first-order valence-corrected chi connectivity index (χ1v) is 8.19. The van der Waals surface area contributed by atoms with Gasteiger partial charge in [-0.05, 0) is 30.3 Å². The number of carbonyl (C=O) groups is 2. The summed E-state index contributed by atoms with van der Waals surface area (Å²) >= 11 is 11.4. The van der Waals surface area contributed by atoms with Gasteiger partial charge in [0.05, 0.1) is 28.7 Å². The highest BCUT2D eigenvalue weighted by molar-refractivity contribution is 6.30. The lowest BCUT2D eigenvalue weighted by Crippen LogP contribution is -2.19. The number of rotatable bonds is 4. The maximum absolute atomic E-state index is 13.6. The standard InChI is InChI=1S/C17H10Cl2FN5O2/c18-9-1-4-15(23-6-9)25-16(26)11-5-10(20)2-3-12(11)24-17(27)13-7-22-14(19)8-21-13/h1-8H,(H,24,27)(H,23,25,26). The van der Waals surface area contributed by atoms with Gasteiger partial charge in [-0.15, -0.1) is 0 Å². The molecule has 0 saturated heterocycles. The number of amides is 2. The third-order valence-corrected chi connectivity index (χ3v) is 3.72. The van der Waals surface area contributed by atoms with E-state index in [0.717, 1.165) is 12.1 Å². The topological polar surface area (TPSA) is 96.9 Å². The van der Waals surface area contributed by atoms with Crippen molar-refractivity contribution >= 4 is 46.5 Å². The van der Waals surface area contributed by atoms with Crippen molar-refractivity contribution in [2.24, 2.45) is 0 Å². The molecule has 2 amide bonds. The maximum atomic E-state index is 13.6. The van der Waals surface area contributed by atoms with Crippen LogP contribution in [0.2, 0.25) is 10.2 Å². The lowest BCUT2D eigenvalue weighted by Gasteiger charge is -2.11. The van der Waals surface area contributed by atoms with Crippen LogP contribution in [-0.4, -0.2) is 26.8 Å². The normalized spacial score (nSPS) is 10.3. The largest absolute Gasteiger partial charge is 0.320 e. The molecule has 0 aliphatic heterocycles. The highest BCUT2D eigenvalue weighted by Crippen LogP contribution is 2.20. The van der Waals surface area contributed by atoms with E-state index in [4.69, 9.17) is 23.2 Å². The van der Waals surface area contributed by atoms with Gasteiger partial charge < -0.3 is 10.6 Å². The molecule has 0 aliphatic rings. The quantitative estimate of drug-likeness (QED) is 0.687. The second-order valence-corrected chi connectivity index (χ2v) is 6.01. The van der Waals surface area contributed by atoms with Crippen molar-refractivity contribution in [2.75, 3.05) is 10.6 Å². The Balaban J connectivity index is 1.83. The highest BCUT2D eigenvalue weighted by Gasteiger charge is 2.17. The van der Waals surface area contributed by atoms with Gasteiger partial charge in [-0.1, -0.05) is 23.2 Å². The summed E-state index contributed by atoms with van der Waals surface area (Å²) < 4.78 is 13.6. The molecule has 3 rings (SSSR count). The van der Waals surface area contributed by atoms with Crippen molar-refractivity contribution in [1.29, 1.82) is 0 Å². The summed E-state index contributed by atoms with van der Waals surface area (Å²) in [6.07, 6.45) is 3.74. The van der Waals surface area contributed by atoms with Crippen LogP contribution in [0.15, 0.2) is 48.9 Å². The van der Waals surface area contributed by atoms with E-state index < -0.39 is 17.6 Å². The second kappa shape index (κ2) is 8.07. The molecule has 2 heterocycles. The molecule has 3 aromatic rings. The molecule has 0 radical (unpaired) electrons. The number of halogens is 3. The van der Waals surface area contributed by atoms with Crippen LogP contribution in [0.1, 0.15) is 20.8 Å². The fraction of sp³-hybridized carbons (Fsp3) is 0. The Labute approximate surface area is 162 Å². The number of anilines is 2. The fourth-order valence-corrected chi connectivity index (χ4v) is 2.27. The summed E-state index contributed by atoms with van der Waals surface area (Å²) in [6.45, 7) is 0. The molecule has 0 fully saturated rings. The minimum absolute atomic E-state index is 0.0190. The van der Waals surface area contributed by atoms with E-state index in [9.17, 15) is 14.0 Å². The average Bonchev–Trinajstić information content (AvgIpc) is 2.65. The summed E-state index contributed by atoms with van der Waals surface area (Å²) in [4.78, 5) is 36.3. The zero-order chi connectivity index (χ0) is 19.4. The van der Waals surface area contributed by atoms with Gasteiger partial charge in [0.1, 0.15) is 22.5 Å². The summed E-state index contributed by atoms with van der Waals surface area (Å²) in [6, 6.07) is 6.40.